The second-order valence-electron chi connectivity index (χ2n) is 5.09. The highest BCUT2D eigenvalue weighted by atomic mass is 79.9. The van der Waals surface area contributed by atoms with Crippen molar-refractivity contribution < 1.29 is 4.74 Å². The minimum absolute atomic E-state index is 0.400. The molecule has 0 atom stereocenters. The Morgan fingerprint density at radius 2 is 2.04 bits per heavy atom. The topological polar surface area (TPSA) is 64.9 Å². The molecule has 6 nitrogen and oxygen atoms in total. The summed E-state index contributed by atoms with van der Waals surface area (Å²) in [4.78, 5) is 1.40. The average molecular weight is 409 g/mol. The van der Waals surface area contributed by atoms with E-state index in [9.17, 15) is 0 Å². The number of aromatic nitrogens is 4. The number of benzene rings is 2. The first-order valence-corrected chi connectivity index (χ1v) is 8.41. The molecule has 3 rings (SSSR count). The zero-order valence-corrected chi connectivity index (χ0v) is 15.3. The van der Waals surface area contributed by atoms with Crippen molar-refractivity contribution in [2.24, 2.45) is 7.05 Å². The first-order chi connectivity index (χ1) is 11.6. The molecule has 1 aromatic heterocycles. The van der Waals surface area contributed by atoms with Crippen LogP contribution in [0.3, 0.4) is 0 Å². The molecule has 0 saturated heterocycles. The Bertz CT molecular complexity index is 839. The lowest BCUT2D eigenvalue weighted by Crippen LogP contribution is -2.05. The fourth-order valence-corrected chi connectivity index (χ4v) is 2.73. The first kappa shape index (κ1) is 16.7. The normalized spacial score (nSPS) is 10.6. The average Bonchev–Trinajstić information content (AvgIpc) is 2.99. The van der Waals surface area contributed by atoms with Crippen molar-refractivity contribution in [3.05, 3.63) is 63.1 Å². The highest BCUT2D eigenvalue weighted by Gasteiger charge is 2.08. The van der Waals surface area contributed by atoms with Gasteiger partial charge in [0.1, 0.15) is 12.4 Å². The Kier molecular flexibility index (Phi) is 5.32. The smallest absolute Gasteiger partial charge is 0.263 e. The van der Waals surface area contributed by atoms with Crippen LogP contribution in [0.25, 0.3) is 0 Å². The summed E-state index contributed by atoms with van der Waals surface area (Å²) in [6, 6.07) is 13.5. The van der Waals surface area contributed by atoms with Gasteiger partial charge in [0, 0.05) is 27.2 Å². The number of halogens is 2. The van der Waals surface area contributed by atoms with Crippen LogP contribution in [0.5, 0.6) is 5.75 Å². The number of rotatable bonds is 6. The fraction of sp³-hybridized carbons (Fsp3) is 0.188. The number of ether oxygens (including phenoxy) is 1. The maximum atomic E-state index is 6.17. The molecule has 0 saturated carbocycles. The number of aryl methyl sites for hydroxylation is 1. The third-order valence-electron chi connectivity index (χ3n) is 3.31. The third kappa shape index (κ3) is 4.24. The SMILES string of the molecule is Cn1nnc(NCc2cc(Br)ccc2OCc2ccccc2Cl)n1. The molecule has 8 heteroatoms. The number of tetrazole rings is 1. The van der Waals surface area contributed by atoms with Gasteiger partial charge in [-0.3, -0.25) is 0 Å². The second-order valence-corrected chi connectivity index (χ2v) is 6.41. The Hall–Kier alpha value is -2.12. The predicted molar refractivity (Wildman–Crippen MR) is 96.1 cm³/mol. The Balaban J connectivity index is 1.71. The molecule has 0 bridgehead atoms. The van der Waals surface area contributed by atoms with E-state index in [0.717, 1.165) is 21.3 Å². The van der Waals surface area contributed by atoms with Crippen LogP contribution in [0.15, 0.2) is 46.9 Å². The zero-order chi connectivity index (χ0) is 16.9. The van der Waals surface area contributed by atoms with Crippen LogP contribution in [0, 0.1) is 0 Å². The molecule has 124 valence electrons. The van der Waals surface area contributed by atoms with Crippen LogP contribution in [0.1, 0.15) is 11.1 Å². The summed E-state index contributed by atoms with van der Waals surface area (Å²) in [5.41, 5.74) is 1.92. The van der Waals surface area contributed by atoms with Crippen LogP contribution in [0.2, 0.25) is 5.02 Å². The van der Waals surface area contributed by atoms with Gasteiger partial charge in [-0.2, -0.15) is 4.80 Å². The number of nitrogens with one attached hydrogen (secondary N) is 1. The van der Waals surface area contributed by atoms with Crippen LogP contribution in [0.4, 0.5) is 5.95 Å². The largest absolute Gasteiger partial charge is 0.488 e. The van der Waals surface area contributed by atoms with Crippen LogP contribution in [-0.2, 0) is 20.2 Å². The van der Waals surface area contributed by atoms with Gasteiger partial charge in [0.05, 0.1) is 7.05 Å². The molecule has 0 amide bonds. The lowest BCUT2D eigenvalue weighted by atomic mass is 10.2. The summed E-state index contributed by atoms with van der Waals surface area (Å²) in [7, 11) is 1.72. The van der Waals surface area contributed by atoms with Gasteiger partial charge in [0.15, 0.2) is 0 Å². The van der Waals surface area contributed by atoms with Crippen LogP contribution < -0.4 is 10.1 Å². The van der Waals surface area contributed by atoms with E-state index < -0.39 is 0 Å². The van der Waals surface area contributed by atoms with Crippen LogP contribution in [-0.4, -0.2) is 20.2 Å². The maximum absolute atomic E-state index is 6.17. The highest BCUT2D eigenvalue weighted by molar-refractivity contribution is 9.10. The monoisotopic (exact) mass is 407 g/mol. The summed E-state index contributed by atoms with van der Waals surface area (Å²) in [6.07, 6.45) is 0. The van der Waals surface area contributed by atoms with E-state index in [4.69, 9.17) is 16.3 Å². The number of hydrogen-bond acceptors (Lipinski definition) is 5. The fourth-order valence-electron chi connectivity index (χ4n) is 2.13. The molecule has 0 spiro atoms. The first-order valence-electron chi connectivity index (χ1n) is 7.24. The van der Waals surface area contributed by atoms with Gasteiger partial charge < -0.3 is 10.1 Å². The van der Waals surface area contributed by atoms with Crippen LogP contribution >= 0.6 is 27.5 Å². The van der Waals surface area contributed by atoms with Crippen molar-refractivity contribution in [1.82, 2.24) is 20.2 Å². The molecule has 0 radical (unpaired) electrons. The lowest BCUT2D eigenvalue weighted by Gasteiger charge is -2.13. The molecule has 0 aliphatic heterocycles. The van der Waals surface area contributed by atoms with Gasteiger partial charge in [-0.25, -0.2) is 0 Å². The summed E-state index contributed by atoms with van der Waals surface area (Å²) in [5, 5.41) is 15.6. The highest BCUT2D eigenvalue weighted by Crippen LogP contribution is 2.26. The second kappa shape index (κ2) is 7.63. The molecule has 0 aliphatic carbocycles. The standard InChI is InChI=1S/C16H15BrClN5O/c1-23-21-16(20-22-23)19-9-12-8-13(17)6-7-15(12)24-10-11-4-2-3-5-14(11)18/h2-8H,9-10H2,1H3,(H,19,21). The van der Waals surface area contributed by atoms with Crippen molar-refractivity contribution in [2.45, 2.75) is 13.2 Å². The minimum atomic E-state index is 0.400. The Morgan fingerprint density at radius 1 is 1.21 bits per heavy atom. The van der Waals surface area contributed by atoms with Crippen molar-refractivity contribution in [1.29, 1.82) is 0 Å². The molecule has 2 aromatic carbocycles. The molecule has 1 N–H and O–H groups in total. The Morgan fingerprint density at radius 3 is 2.79 bits per heavy atom. The third-order valence-corrected chi connectivity index (χ3v) is 4.17. The van der Waals surface area contributed by atoms with E-state index in [2.05, 4.69) is 36.7 Å². The van der Waals surface area contributed by atoms with E-state index in [0.29, 0.717) is 24.1 Å². The summed E-state index contributed by atoms with van der Waals surface area (Å²) >= 11 is 9.66. The van der Waals surface area contributed by atoms with Gasteiger partial charge in [-0.1, -0.05) is 50.8 Å². The number of anilines is 1. The molecule has 0 fully saturated rings. The van der Waals surface area contributed by atoms with Crippen molar-refractivity contribution in [3.8, 4) is 5.75 Å². The van der Waals surface area contributed by atoms with Gasteiger partial charge >= 0.3 is 0 Å². The van der Waals surface area contributed by atoms with E-state index >= 15 is 0 Å². The molecular formula is C16H15BrClN5O. The molecular weight excluding hydrogens is 394 g/mol. The van der Waals surface area contributed by atoms with E-state index in [-0.39, 0.29) is 0 Å². The van der Waals surface area contributed by atoms with E-state index in [1.807, 2.05) is 42.5 Å². The van der Waals surface area contributed by atoms with Crippen molar-refractivity contribution in [2.75, 3.05) is 5.32 Å². The van der Waals surface area contributed by atoms with Gasteiger partial charge in [0.25, 0.3) is 5.95 Å². The van der Waals surface area contributed by atoms with Gasteiger partial charge in [-0.05, 0) is 29.5 Å². The Labute approximate surface area is 152 Å². The number of nitrogens with zero attached hydrogens (tertiary/aromatic N) is 4. The van der Waals surface area contributed by atoms with Gasteiger partial charge in [0.2, 0.25) is 0 Å². The summed E-state index contributed by atoms with van der Waals surface area (Å²) in [5.74, 6) is 1.24. The number of hydrogen-bond donors (Lipinski definition) is 1. The summed E-state index contributed by atoms with van der Waals surface area (Å²) in [6.45, 7) is 0.917. The maximum Gasteiger partial charge on any atom is 0.263 e. The molecule has 24 heavy (non-hydrogen) atoms. The summed E-state index contributed by atoms with van der Waals surface area (Å²) < 4.78 is 6.91. The molecule has 0 unspecified atom stereocenters. The minimum Gasteiger partial charge on any atom is -0.488 e. The molecule has 1 heterocycles. The van der Waals surface area contributed by atoms with E-state index in [1.165, 1.54) is 4.80 Å². The van der Waals surface area contributed by atoms with Crippen molar-refractivity contribution in [3.63, 3.8) is 0 Å². The zero-order valence-electron chi connectivity index (χ0n) is 12.9. The molecule has 0 aliphatic rings. The molecule has 3 aromatic rings. The van der Waals surface area contributed by atoms with E-state index in [1.54, 1.807) is 7.05 Å². The lowest BCUT2D eigenvalue weighted by molar-refractivity contribution is 0.303. The van der Waals surface area contributed by atoms with Crippen molar-refractivity contribution >= 4 is 33.5 Å². The predicted octanol–water partition coefficient (Wildman–Crippen LogP) is 3.82. The van der Waals surface area contributed by atoms with Gasteiger partial charge in [-0.15, -0.1) is 5.10 Å². The quantitative estimate of drug-likeness (QED) is 0.672.